The van der Waals surface area contributed by atoms with Crippen LogP contribution in [-0.2, 0) is 0 Å². The molecule has 0 saturated heterocycles. The average molecular weight is 271 g/mol. The summed E-state index contributed by atoms with van der Waals surface area (Å²) in [6.07, 6.45) is 11.6. The van der Waals surface area contributed by atoms with Crippen molar-refractivity contribution < 1.29 is 0 Å². The summed E-state index contributed by atoms with van der Waals surface area (Å²) in [7, 11) is 0. The van der Waals surface area contributed by atoms with E-state index in [4.69, 9.17) is 0 Å². The summed E-state index contributed by atoms with van der Waals surface area (Å²) in [6, 6.07) is 2.42. The maximum absolute atomic E-state index is 9.49. The number of azo groups is 1. The van der Waals surface area contributed by atoms with Gasteiger partial charge < -0.3 is 0 Å². The van der Waals surface area contributed by atoms with Gasteiger partial charge in [0.1, 0.15) is 5.54 Å². The highest BCUT2D eigenvalue weighted by molar-refractivity contribution is 5.19. The van der Waals surface area contributed by atoms with Gasteiger partial charge in [0.2, 0.25) is 0 Å². The van der Waals surface area contributed by atoms with Crippen molar-refractivity contribution in [2.75, 3.05) is 0 Å². The molecule has 0 bridgehead atoms. The molecule has 0 aromatic heterocycles. The van der Waals surface area contributed by atoms with Crippen LogP contribution < -0.4 is 0 Å². The third kappa shape index (κ3) is 3.60. The van der Waals surface area contributed by atoms with E-state index >= 15 is 0 Å². The molecular weight excluding hydrogens is 246 g/mol. The zero-order chi connectivity index (χ0) is 14.3. The van der Waals surface area contributed by atoms with Gasteiger partial charge in [-0.05, 0) is 51.4 Å². The Morgan fingerprint density at radius 1 is 0.850 bits per heavy atom. The van der Waals surface area contributed by atoms with E-state index in [-0.39, 0.29) is 5.54 Å². The molecule has 0 spiro atoms. The Morgan fingerprint density at radius 3 is 1.85 bits per heavy atom. The fraction of sp³-hybridized carbons (Fsp3) is 0.824. The van der Waals surface area contributed by atoms with Gasteiger partial charge in [0, 0.05) is 6.42 Å². The number of hydrogen-bond donors (Lipinski definition) is 0. The van der Waals surface area contributed by atoms with Crippen molar-refractivity contribution in [2.24, 2.45) is 10.2 Å². The van der Waals surface area contributed by atoms with Crippen molar-refractivity contribution in [3.63, 3.8) is 0 Å². The third-order valence-corrected chi connectivity index (χ3v) is 4.50. The number of hydrogen-bond acceptors (Lipinski definition) is 3. The molecule has 0 unspecified atom stereocenters. The summed E-state index contributed by atoms with van der Waals surface area (Å²) < 4.78 is 0. The Morgan fingerprint density at radius 2 is 1.35 bits per heavy atom. The molecular formula is C17H25N3. The van der Waals surface area contributed by atoms with Gasteiger partial charge in [0.15, 0.2) is 5.54 Å². The molecule has 20 heavy (non-hydrogen) atoms. The molecule has 0 heterocycles. The number of nitrogens with zero attached hydrogens (tertiary/aromatic N) is 3. The molecule has 2 aliphatic rings. The molecule has 0 aromatic carbocycles. The van der Waals surface area contributed by atoms with E-state index < -0.39 is 5.54 Å². The monoisotopic (exact) mass is 271 g/mol. The first-order valence-electron chi connectivity index (χ1n) is 8.10. The molecule has 2 fully saturated rings. The van der Waals surface area contributed by atoms with Gasteiger partial charge >= 0.3 is 0 Å². The molecule has 0 aromatic rings. The Bertz CT molecular complexity index is 435. The van der Waals surface area contributed by atoms with Crippen LogP contribution in [-0.4, -0.2) is 11.1 Å². The lowest BCUT2D eigenvalue weighted by atomic mass is 9.82. The maximum atomic E-state index is 9.49. The van der Waals surface area contributed by atoms with E-state index in [1.807, 2.05) is 0 Å². The maximum Gasteiger partial charge on any atom is 0.167 e. The first-order valence-corrected chi connectivity index (χ1v) is 8.10. The van der Waals surface area contributed by atoms with Crippen LogP contribution >= 0.6 is 0 Å². The van der Waals surface area contributed by atoms with E-state index in [0.717, 1.165) is 44.9 Å². The van der Waals surface area contributed by atoms with Crippen LogP contribution in [0.4, 0.5) is 0 Å². The Balaban J connectivity index is 2.17. The Labute approximate surface area is 122 Å². The van der Waals surface area contributed by atoms with Crippen LogP contribution in [0.25, 0.3) is 0 Å². The van der Waals surface area contributed by atoms with Crippen molar-refractivity contribution in [2.45, 2.75) is 88.6 Å². The lowest BCUT2D eigenvalue weighted by Crippen LogP contribution is -2.31. The summed E-state index contributed by atoms with van der Waals surface area (Å²) in [6.45, 7) is 2.07. The standard InChI is InChI=1S/C17H25N3/c1-2-3-10-16(11-6-4-7-12-16)19-20-17(15-18)13-8-5-9-14-17/h2,4-9,11-14H2,1H3. The molecule has 0 aliphatic heterocycles. The first kappa shape index (κ1) is 15.0. The highest BCUT2D eigenvalue weighted by Gasteiger charge is 2.35. The molecule has 3 heteroatoms. The lowest BCUT2D eigenvalue weighted by molar-refractivity contribution is 0.312. The van der Waals surface area contributed by atoms with E-state index in [2.05, 4.69) is 35.1 Å². The molecule has 3 nitrogen and oxygen atoms in total. The van der Waals surface area contributed by atoms with E-state index in [1.165, 1.54) is 25.7 Å². The van der Waals surface area contributed by atoms with Gasteiger partial charge in [-0.3, -0.25) is 0 Å². The summed E-state index contributed by atoms with van der Waals surface area (Å²) in [4.78, 5) is 0. The summed E-state index contributed by atoms with van der Waals surface area (Å²) in [5.41, 5.74) is -0.855. The predicted octanol–water partition coefficient (Wildman–Crippen LogP) is 4.78. The van der Waals surface area contributed by atoms with Gasteiger partial charge in [-0.15, -0.1) is 5.92 Å². The second-order valence-corrected chi connectivity index (χ2v) is 6.15. The Hall–Kier alpha value is -1.35. The second-order valence-electron chi connectivity index (χ2n) is 6.15. The zero-order valence-corrected chi connectivity index (χ0v) is 12.6. The molecule has 0 atom stereocenters. The molecule has 0 amide bonds. The van der Waals surface area contributed by atoms with Crippen molar-refractivity contribution >= 4 is 0 Å². The zero-order valence-electron chi connectivity index (χ0n) is 12.6. The van der Waals surface area contributed by atoms with Crippen molar-refractivity contribution in [3.05, 3.63) is 0 Å². The van der Waals surface area contributed by atoms with Gasteiger partial charge in [0.25, 0.3) is 0 Å². The van der Waals surface area contributed by atoms with Crippen LogP contribution in [0.15, 0.2) is 10.2 Å². The minimum absolute atomic E-state index is 0.296. The fourth-order valence-corrected chi connectivity index (χ4v) is 3.20. The number of nitriles is 1. The number of rotatable bonds is 2. The van der Waals surface area contributed by atoms with Crippen LogP contribution in [0, 0.1) is 23.2 Å². The van der Waals surface area contributed by atoms with Crippen LogP contribution in [0.2, 0.25) is 0 Å². The summed E-state index contributed by atoms with van der Waals surface area (Å²) in [5.74, 6) is 6.54. The first-order chi connectivity index (χ1) is 9.74. The fourth-order valence-electron chi connectivity index (χ4n) is 3.20. The highest BCUT2D eigenvalue weighted by atomic mass is 15.2. The molecule has 0 radical (unpaired) electrons. The van der Waals surface area contributed by atoms with Gasteiger partial charge in [0.05, 0.1) is 6.07 Å². The Kier molecular flexibility index (Phi) is 5.18. The lowest BCUT2D eigenvalue weighted by Gasteiger charge is -2.30. The van der Waals surface area contributed by atoms with Gasteiger partial charge in [-0.2, -0.15) is 15.5 Å². The predicted molar refractivity (Wildman–Crippen MR) is 80.2 cm³/mol. The molecule has 2 aliphatic carbocycles. The van der Waals surface area contributed by atoms with Crippen molar-refractivity contribution in [1.29, 1.82) is 5.26 Å². The normalized spacial score (nSPS) is 24.6. The van der Waals surface area contributed by atoms with Gasteiger partial charge in [-0.25, -0.2) is 0 Å². The van der Waals surface area contributed by atoms with E-state index in [0.29, 0.717) is 0 Å². The smallest absolute Gasteiger partial charge is 0.167 e. The van der Waals surface area contributed by atoms with Crippen molar-refractivity contribution in [3.8, 4) is 17.9 Å². The van der Waals surface area contributed by atoms with Crippen LogP contribution in [0.3, 0.4) is 0 Å². The SMILES string of the molecule is CCC#CC1(N=NC2(C#N)CCCCC2)CCCCC1. The molecule has 2 saturated carbocycles. The van der Waals surface area contributed by atoms with Crippen molar-refractivity contribution in [1.82, 2.24) is 0 Å². The van der Waals surface area contributed by atoms with Crippen LogP contribution in [0.5, 0.6) is 0 Å². The van der Waals surface area contributed by atoms with Crippen LogP contribution in [0.1, 0.15) is 77.6 Å². The molecule has 2 rings (SSSR count). The minimum atomic E-state index is -0.559. The summed E-state index contributed by atoms with van der Waals surface area (Å²) >= 11 is 0. The molecule has 0 N–H and O–H groups in total. The second kappa shape index (κ2) is 6.89. The summed E-state index contributed by atoms with van der Waals surface area (Å²) in [5, 5.41) is 18.7. The topological polar surface area (TPSA) is 48.5 Å². The van der Waals surface area contributed by atoms with Gasteiger partial charge in [-0.1, -0.05) is 25.7 Å². The highest BCUT2D eigenvalue weighted by Crippen LogP contribution is 2.36. The van der Waals surface area contributed by atoms with E-state index in [1.54, 1.807) is 0 Å². The largest absolute Gasteiger partial charge is 0.196 e. The third-order valence-electron chi connectivity index (χ3n) is 4.50. The van der Waals surface area contributed by atoms with E-state index in [9.17, 15) is 5.26 Å². The quantitative estimate of drug-likeness (QED) is 0.526. The minimum Gasteiger partial charge on any atom is -0.196 e. The molecule has 108 valence electrons. The average Bonchev–Trinajstić information content (AvgIpc) is 2.53.